The number of nitrogens with zero attached hydrogens (tertiary/aromatic N) is 1. The Labute approximate surface area is 96.2 Å². The van der Waals surface area contributed by atoms with Crippen LogP contribution in [0.2, 0.25) is 5.02 Å². The largest absolute Gasteiger partial charge is 0.366 e. The van der Waals surface area contributed by atoms with E-state index < -0.39 is 0 Å². The highest BCUT2D eigenvalue weighted by molar-refractivity contribution is 9.10. The molecular weight excluding hydrogens is 265 g/mol. The van der Waals surface area contributed by atoms with Gasteiger partial charge in [0.1, 0.15) is 5.82 Å². The van der Waals surface area contributed by atoms with Gasteiger partial charge in [-0.1, -0.05) is 11.6 Å². The molecule has 2 rings (SSSR count). The second-order valence-electron chi connectivity index (χ2n) is 3.56. The average Bonchev–Trinajstić information content (AvgIpc) is 2.06. The predicted octanol–water partition coefficient (Wildman–Crippen LogP) is 2.40. The molecule has 1 aliphatic rings. The minimum atomic E-state index is 0.335. The summed E-state index contributed by atoms with van der Waals surface area (Å²) in [6.45, 7) is 0. The molecule has 0 spiro atoms. The molecule has 0 bridgehead atoms. The van der Waals surface area contributed by atoms with Crippen molar-refractivity contribution in [1.29, 1.82) is 0 Å². The first-order valence-corrected chi connectivity index (χ1v) is 5.65. The lowest BCUT2D eigenvalue weighted by Gasteiger charge is -2.33. The number of halogens is 2. The van der Waals surface area contributed by atoms with Gasteiger partial charge in [0.15, 0.2) is 0 Å². The van der Waals surface area contributed by atoms with Crippen LogP contribution in [0, 0.1) is 0 Å². The Balaban J connectivity index is 2.02. The van der Waals surface area contributed by atoms with Gasteiger partial charge in [0.2, 0.25) is 0 Å². The summed E-state index contributed by atoms with van der Waals surface area (Å²) >= 11 is 9.31. The third-order valence-corrected chi connectivity index (χ3v) is 3.04. The minimum Gasteiger partial charge on any atom is -0.366 e. The molecule has 1 saturated carbocycles. The maximum atomic E-state index is 6.00. The van der Waals surface area contributed by atoms with E-state index in [1.165, 1.54) is 0 Å². The highest BCUT2D eigenvalue weighted by Gasteiger charge is 2.26. The predicted molar refractivity (Wildman–Crippen MR) is 61.6 cm³/mol. The van der Waals surface area contributed by atoms with Gasteiger partial charge in [-0.3, -0.25) is 0 Å². The summed E-state index contributed by atoms with van der Waals surface area (Å²) in [5.74, 6) is 0.742. The van der Waals surface area contributed by atoms with Gasteiger partial charge in [-0.05, 0) is 34.8 Å². The van der Waals surface area contributed by atoms with Crippen molar-refractivity contribution in [3.63, 3.8) is 0 Å². The van der Waals surface area contributed by atoms with Gasteiger partial charge < -0.3 is 11.1 Å². The van der Waals surface area contributed by atoms with Crippen LogP contribution in [0.3, 0.4) is 0 Å². The summed E-state index contributed by atoms with van der Waals surface area (Å²) < 4.78 is 0.887. The second-order valence-corrected chi connectivity index (χ2v) is 4.88. The molecular formula is C9H11BrClN3. The summed E-state index contributed by atoms with van der Waals surface area (Å²) in [4.78, 5) is 4.19. The van der Waals surface area contributed by atoms with E-state index in [2.05, 4.69) is 26.2 Å². The Morgan fingerprint density at radius 3 is 2.86 bits per heavy atom. The Morgan fingerprint density at radius 2 is 2.29 bits per heavy atom. The Kier molecular flexibility index (Phi) is 2.95. The van der Waals surface area contributed by atoms with Gasteiger partial charge in [0, 0.05) is 22.8 Å². The smallest absolute Gasteiger partial charge is 0.145 e. The fourth-order valence-corrected chi connectivity index (χ4v) is 2.18. The van der Waals surface area contributed by atoms with Crippen LogP contribution in [0.25, 0.3) is 0 Å². The first-order valence-electron chi connectivity index (χ1n) is 4.48. The van der Waals surface area contributed by atoms with Crippen molar-refractivity contribution in [2.24, 2.45) is 5.73 Å². The molecule has 76 valence electrons. The Hall–Kier alpha value is -0.320. The standard InChI is InChI=1S/C9H11BrClN3/c10-5-1-8(11)9(13-4-5)14-7-2-6(12)3-7/h1,4,6-7H,2-3,12H2,(H,13,14). The zero-order chi connectivity index (χ0) is 10.1. The number of anilines is 1. The van der Waals surface area contributed by atoms with Gasteiger partial charge in [-0.15, -0.1) is 0 Å². The van der Waals surface area contributed by atoms with Crippen LogP contribution in [-0.2, 0) is 0 Å². The summed E-state index contributed by atoms with van der Waals surface area (Å²) in [5.41, 5.74) is 5.68. The summed E-state index contributed by atoms with van der Waals surface area (Å²) in [5, 5.41) is 3.90. The maximum Gasteiger partial charge on any atom is 0.145 e. The van der Waals surface area contributed by atoms with Crippen LogP contribution in [0.15, 0.2) is 16.7 Å². The molecule has 0 radical (unpaired) electrons. The van der Waals surface area contributed by atoms with Crippen molar-refractivity contribution in [1.82, 2.24) is 4.98 Å². The molecule has 1 aromatic heterocycles. The first kappa shape index (κ1) is 10.2. The fourth-order valence-electron chi connectivity index (χ4n) is 1.49. The number of hydrogen-bond acceptors (Lipinski definition) is 3. The summed E-state index contributed by atoms with van der Waals surface area (Å²) in [6.07, 6.45) is 3.72. The molecule has 0 amide bonds. The number of nitrogens with one attached hydrogen (secondary N) is 1. The number of pyridine rings is 1. The topological polar surface area (TPSA) is 50.9 Å². The summed E-state index contributed by atoms with van der Waals surface area (Å²) in [7, 11) is 0. The van der Waals surface area contributed by atoms with Crippen LogP contribution in [0.4, 0.5) is 5.82 Å². The molecule has 5 heteroatoms. The molecule has 3 N–H and O–H groups in total. The van der Waals surface area contributed by atoms with Gasteiger partial charge in [-0.25, -0.2) is 4.98 Å². The zero-order valence-corrected chi connectivity index (χ0v) is 9.85. The lowest BCUT2D eigenvalue weighted by atomic mass is 9.88. The molecule has 1 aromatic rings. The molecule has 0 atom stereocenters. The van der Waals surface area contributed by atoms with E-state index in [1.807, 2.05) is 6.07 Å². The number of aromatic nitrogens is 1. The molecule has 0 unspecified atom stereocenters. The fraction of sp³-hybridized carbons (Fsp3) is 0.444. The van der Waals surface area contributed by atoms with Crippen molar-refractivity contribution in [2.75, 3.05) is 5.32 Å². The highest BCUT2D eigenvalue weighted by Crippen LogP contribution is 2.27. The maximum absolute atomic E-state index is 6.00. The van der Waals surface area contributed by atoms with Crippen LogP contribution < -0.4 is 11.1 Å². The van der Waals surface area contributed by atoms with E-state index >= 15 is 0 Å². The molecule has 3 nitrogen and oxygen atoms in total. The normalized spacial score (nSPS) is 25.6. The van der Waals surface area contributed by atoms with Crippen LogP contribution in [-0.4, -0.2) is 17.1 Å². The van der Waals surface area contributed by atoms with Crippen molar-refractivity contribution >= 4 is 33.3 Å². The average molecular weight is 277 g/mol. The molecule has 0 aliphatic heterocycles. The van der Waals surface area contributed by atoms with E-state index in [4.69, 9.17) is 17.3 Å². The minimum absolute atomic E-state index is 0.335. The molecule has 0 saturated heterocycles. The monoisotopic (exact) mass is 275 g/mol. The third-order valence-electron chi connectivity index (χ3n) is 2.32. The SMILES string of the molecule is NC1CC(Nc2ncc(Br)cc2Cl)C1. The van der Waals surface area contributed by atoms with Gasteiger partial charge in [-0.2, -0.15) is 0 Å². The molecule has 1 fully saturated rings. The van der Waals surface area contributed by atoms with Crippen LogP contribution in [0.1, 0.15) is 12.8 Å². The van der Waals surface area contributed by atoms with Crippen LogP contribution >= 0.6 is 27.5 Å². The molecule has 0 aromatic carbocycles. The zero-order valence-electron chi connectivity index (χ0n) is 7.50. The number of rotatable bonds is 2. The van der Waals surface area contributed by atoms with Gasteiger partial charge >= 0.3 is 0 Å². The van der Waals surface area contributed by atoms with E-state index in [9.17, 15) is 0 Å². The highest BCUT2D eigenvalue weighted by atomic mass is 79.9. The molecule has 1 aliphatic carbocycles. The summed E-state index contributed by atoms with van der Waals surface area (Å²) in [6, 6.07) is 2.59. The first-order chi connectivity index (χ1) is 6.65. The van der Waals surface area contributed by atoms with E-state index in [1.54, 1.807) is 6.20 Å². The van der Waals surface area contributed by atoms with E-state index in [0.29, 0.717) is 17.1 Å². The Bertz CT molecular complexity index is 339. The quantitative estimate of drug-likeness (QED) is 0.872. The van der Waals surface area contributed by atoms with Gasteiger partial charge in [0.05, 0.1) is 5.02 Å². The van der Waals surface area contributed by atoms with Crippen molar-refractivity contribution in [2.45, 2.75) is 24.9 Å². The van der Waals surface area contributed by atoms with Crippen LogP contribution in [0.5, 0.6) is 0 Å². The van der Waals surface area contributed by atoms with Crippen molar-refractivity contribution < 1.29 is 0 Å². The van der Waals surface area contributed by atoms with E-state index in [-0.39, 0.29) is 0 Å². The van der Waals surface area contributed by atoms with Gasteiger partial charge in [0.25, 0.3) is 0 Å². The van der Waals surface area contributed by atoms with Crippen molar-refractivity contribution in [3.05, 3.63) is 21.8 Å². The number of hydrogen-bond donors (Lipinski definition) is 2. The molecule has 14 heavy (non-hydrogen) atoms. The lowest BCUT2D eigenvalue weighted by molar-refractivity contribution is 0.373. The second kappa shape index (κ2) is 4.04. The molecule has 1 heterocycles. The third kappa shape index (κ3) is 2.19. The Morgan fingerprint density at radius 1 is 1.57 bits per heavy atom. The van der Waals surface area contributed by atoms with E-state index in [0.717, 1.165) is 23.1 Å². The number of nitrogens with two attached hydrogens (primary N) is 1. The van der Waals surface area contributed by atoms with Crippen molar-refractivity contribution in [3.8, 4) is 0 Å². The lowest BCUT2D eigenvalue weighted by Crippen LogP contribution is -2.44.